The first-order chi connectivity index (χ1) is 33.2. The highest BCUT2D eigenvalue weighted by atomic mass is 16.3. The molecule has 310 valence electrons. The highest BCUT2D eigenvalue weighted by Gasteiger charge is 2.59. The number of hydrogen-bond acceptors (Lipinski definition) is 4. The van der Waals surface area contributed by atoms with Gasteiger partial charge in [0.25, 0.3) is 0 Å². The van der Waals surface area contributed by atoms with Crippen LogP contribution in [0.3, 0.4) is 0 Å². The molecular formula is C63H37N3O. The van der Waals surface area contributed by atoms with E-state index in [-0.39, 0.29) is 0 Å². The average molecular weight is 852 g/mol. The van der Waals surface area contributed by atoms with Crippen LogP contribution in [0.25, 0.3) is 89.1 Å². The zero-order valence-corrected chi connectivity index (χ0v) is 36.1. The van der Waals surface area contributed by atoms with Gasteiger partial charge in [-0.15, -0.1) is 0 Å². The molecule has 2 aromatic heterocycles. The Bertz CT molecular complexity index is 3970. The summed E-state index contributed by atoms with van der Waals surface area (Å²) in [6.07, 6.45) is 0. The van der Waals surface area contributed by atoms with Crippen molar-refractivity contribution < 1.29 is 4.42 Å². The molecule has 4 heteroatoms. The highest BCUT2D eigenvalue weighted by Crippen LogP contribution is 2.68. The first-order valence-electron chi connectivity index (χ1n) is 23.0. The monoisotopic (exact) mass is 851 g/mol. The molecule has 0 atom stereocenters. The van der Waals surface area contributed by atoms with Gasteiger partial charge in [-0.3, -0.25) is 0 Å². The molecule has 4 nitrogen and oxygen atoms in total. The van der Waals surface area contributed by atoms with Gasteiger partial charge in [0, 0.05) is 27.5 Å². The molecule has 0 aliphatic heterocycles. The Morgan fingerprint density at radius 1 is 0.284 bits per heavy atom. The van der Waals surface area contributed by atoms with Gasteiger partial charge in [-0.25, -0.2) is 15.0 Å². The fourth-order valence-electron chi connectivity index (χ4n) is 12.5. The van der Waals surface area contributed by atoms with E-state index in [4.69, 9.17) is 19.4 Å². The first kappa shape index (κ1) is 36.6. The van der Waals surface area contributed by atoms with Gasteiger partial charge in [0.2, 0.25) is 0 Å². The molecule has 2 heterocycles. The minimum absolute atomic E-state index is 0.581. The molecule has 0 amide bonds. The van der Waals surface area contributed by atoms with Gasteiger partial charge >= 0.3 is 0 Å². The number of benzene rings is 10. The molecule has 0 radical (unpaired) electrons. The SMILES string of the molecule is c1ccc(-c2nc(-c3cccc4c3C3(c5cc6oc7ccccc7c6cc5-4)c4ccccc4C4(c5ccccc5-c5ccccc54)c4ccccc43)nc(-c3cccc4ccccc34)n2)cc1. The molecule has 0 bridgehead atoms. The van der Waals surface area contributed by atoms with Crippen molar-refractivity contribution in [3.8, 4) is 56.4 Å². The summed E-state index contributed by atoms with van der Waals surface area (Å²) in [7, 11) is 0. The van der Waals surface area contributed by atoms with Crippen molar-refractivity contribution in [3.05, 3.63) is 269 Å². The van der Waals surface area contributed by atoms with Gasteiger partial charge < -0.3 is 4.42 Å². The van der Waals surface area contributed by atoms with E-state index in [0.717, 1.165) is 60.5 Å². The maximum absolute atomic E-state index is 6.82. The molecule has 2 spiro atoms. The summed E-state index contributed by atoms with van der Waals surface area (Å²) in [5.41, 5.74) is 18.0. The third-order valence-corrected chi connectivity index (χ3v) is 15.0. The minimum Gasteiger partial charge on any atom is -0.456 e. The number of para-hydroxylation sites is 1. The molecule has 10 aromatic carbocycles. The van der Waals surface area contributed by atoms with E-state index < -0.39 is 10.8 Å². The van der Waals surface area contributed by atoms with Crippen molar-refractivity contribution in [1.82, 2.24) is 15.0 Å². The van der Waals surface area contributed by atoms with Crippen LogP contribution < -0.4 is 0 Å². The lowest BCUT2D eigenvalue weighted by molar-refractivity contribution is 0.630. The Morgan fingerprint density at radius 3 is 1.49 bits per heavy atom. The van der Waals surface area contributed by atoms with Crippen LogP contribution in [0.1, 0.15) is 44.5 Å². The van der Waals surface area contributed by atoms with Crippen LogP contribution in [0.15, 0.2) is 229 Å². The maximum Gasteiger partial charge on any atom is 0.164 e. The highest BCUT2D eigenvalue weighted by molar-refractivity contribution is 6.09. The quantitative estimate of drug-likeness (QED) is 0.178. The fourth-order valence-corrected chi connectivity index (χ4v) is 12.5. The maximum atomic E-state index is 6.82. The predicted octanol–water partition coefficient (Wildman–Crippen LogP) is 15.0. The lowest BCUT2D eigenvalue weighted by Crippen LogP contribution is -2.44. The molecule has 0 saturated carbocycles. The van der Waals surface area contributed by atoms with Crippen LogP contribution >= 0.6 is 0 Å². The summed E-state index contributed by atoms with van der Waals surface area (Å²) >= 11 is 0. The molecule has 3 aliphatic rings. The zero-order chi connectivity index (χ0) is 43.8. The topological polar surface area (TPSA) is 51.8 Å². The van der Waals surface area contributed by atoms with E-state index in [2.05, 4.69) is 206 Å². The van der Waals surface area contributed by atoms with E-state index in [1.165, 1.54) is 55.6 Å². The third-order valence-electron chi connectivity index (χ3n) is 15.0. The Kier molecular flexibility index (Phi) is 7.33. The van der Waals surface area contributed by atoms with Gasteiger partial charge in [0.05, 0.1) is 10.8 Å². The number of hydrogen-bond donors (Lipinski definition) is 0. The van der Waals surface area contributed by atoms with Crippen molar-refractivity contribution in [1.29, 1.82) is 0 Å². The molecule has 0 unspecified atom stereocenters. The number of aromatic nitrogens is 3. The average Bonchev–Trinajstić information content (AvgIpc) is 4.02. The second-order valence-corrected chi connectivity index (χ2v) is 18.1. The zero-order valence-electron chi connectivity index (χ0n) is 36.1. The van der Waals surface area contributed by atoms with Gasteiger partial charge in [-0.1, -0.05) is 206 Å². The lowest BCUT2D eigenvalue weighted by Gasteiger charge is -2.49. The van der Waals surface area contributed by atoms with Crippen LogP contribution in [0.4, 0.5) is 0 Å². The number of rotatable bonds is 3. The largest absolute Gasteiger partial charge is 0.456 e. The number of nitrogens with zero attached hydrogens (tertiary/aromatic N) is 3. The number of furan rings is 1. The second kappa shape index (κ2) is 13.4. The number of fused-ring (bicyclic) bond motifs is 20. The molecule has 0 N–H and O–H groups in total. The molecule has 3 aliphatic carbocycles. The van der Waals surface area contributed by atoms with Gasteiger partial charge in [-0.2, -0.15) is 0 Å². The summed E-state index contributed by atoms with van der Waals surface area (Å²) in [5.74, 6) is 1.89. The van der Waals surface area contributed by atoms with Crippen LogP contribution in [0, 0.1) is 0 Å². The van der Waals surface area contributed by atoms with Crippen LogP contribution in [-0.2, 0) is 10.8 Å². The van der Waals surface area contributed by atoms with Crippen molar-refractivity contribution in [2.24, 2.45) is 0 Å². The van der Waals surface area contributed by atoms with Crippen LogP contribution in [0.2, 0.25) is 0 Å². The summed E-state index contributed by atoms with van der Waals surface area (Å²) in [6.45, 7) is 0. The van der Waals surface area contributed by atoms with Crippen molar-refractivity contribution >= 4 is 32.7 Å². The summed E-state index contributed by atoms with van der Waals surface area (Å²) in [6, 6.07) is 81.5. The minimum atomic E-state index is -0.821. The Balaban J connectivity index is 1.11. The van der Waals surface area contributed by atoms with Gasteiger partial charge in [0.1, 0.15) is 11.2 Å². The van der Waals surface area contributed by atoms with Crippen molar-refractivity contribution in [2.45, 2.75) is 10.8 Å². The van der Waals surface area contributed by atoms with Crippen molar-refractivity contribution in [2.75, 3.05) is 0 Å². The smallest absolute Gasteiger partial charge is 0.164 e. The summed E-state index contributed by atoms with van der Waals surface area (Å²) in [4.78, 5) is 16.3. The Morgan fingerprint density at radius 2 is 0.776 bits per heavy atom. The predicted molar refractivity (Wildman–Crippen MR) is 269 cm³/mol. The molecule has 0 fully saturated rings. The molecule has 12 aromatic rings. The first-order valence-corrected chi connectivity index (χ1v) is 23.0. The standard InChI is InChI=1S/C63H37N3O/c1-2-19-39(20-3-1)59-64-60(45-27-16-21-38-18-4-5-22-40(38)45)66-61(65-59)46-28-17-26-44-47-36-48-43-25-8-15-35-56(43)67-57(48)37-55(47)63(58(44)46)53-33-13-11-31-51(53)62(52-32-12-14-34-54(52)63)49-29-9-6-23-41(49)42-24-7-10-30-50(42)62/h1-37H. The Hall–Kier alpha value is -8.73. The summed E-state index contributed by atoms with van der Waals surface area (Å²) in [5, 5.41) is 4.43. The van der Waals surface area contributed by atoms with E-state index >= 15 is 0 Å². The van der Waals surface area contributed by atoms with E-state index in [0.29, 0.717) is 17.5 Å². The second-order valence-electron chi connectivity index (χ2n) is 18.1. The van der Waals surface area contributed by atoms with Gasteiger partial charge in [-0.05, 0) is 95.7 Å². The third kappa shape index (κ3) is 4.68. The fraction of sp³-hybridized carbons (Fsp3) is 0.0317. The van der Waals surface area contributed by atoms with E-state index in [1.807, 2.05) is 18.2 Å². The van der Waals surface area contributed by atoms with E-state index in [1.54, 1.807) is 0 Å². The summed E-state index contributed by atoms with van der Waals surface area (Å²) < 4.78 is 6.82. The molecule has 0 saturated heterocycles. The van der Waals surface area contributed by atoms with Gasteiger partial charge in [0.15, 0.2) is 17.5 Å². The molecule has 15 rings (SSSR count). The normalized spacial score (nSPS) is 14.2. The Labute approximate surface area is 386 Å². The lowest BCUT2D eigenvalue weighted by atomic mass is 9.52. The van der Waals surface area contributed by atoms with Crippen molar-refractivity contribution in [3.63, 3.8) is 0 Å². The van der Waals surface area contributed by atoms with Crippen LogP contribution in [0.5, 0.6) is 0 Å². The molecule has 67 heavy (non-hydrogen) atoms. The molecular weight excluding hydrogens is 815 g/mol. The van der Waals surface area contributed by atoms with E-state index in [9.17, 15) is 0 Å². The van der Waals surface area contributed by atoms with Crippen LogP contribution in [-0.4, -0.2) is 15.0 Å².